The van der Waals surface area contributed by atoms with Gasteiger partial charge in [0.2, 0.25) is 0 Å². The summed E-state index contributed by atoms with van der Waals surface area (Å²) in [7, 11) is 0. The van der Waals surface area contributed by atoms with Gasteiger partial charge in [0.05, 0.1) is 0 Å². The smallest absolute Gasteiger partial charge is 0.00923 e. The summed E-state index contributed by atoms with van der Waals surface area (Å²) in [6.45, 7) is 6.09. The Kier molecular flexibility index (Phi) is 3.55. The van der Waals surface area contributed by atoms with Crippen molar-refractivity contribution in [1.29, 1.82) is 0 Å². The van der Waals surface area contributed by atoms with Crippen molar-refractivity contribution in [2.24, 2.45) is 0 Å². The molecule has 0 saturated carbocycles. The van der Waals surface area contributed by atoms with Crippen molar-refractivity contribution in [3.05, 3.63) is 23.3 Å². The van der Waals surface area contributed by atoms with Gasteiger partial charge < -0.3 is 0 Å². The summed E-state index contributed by atoms with van der Waals surface area (Å²) < 4.78 is 0. The van der Waals surface area contributed by atoms with Gasteiger partial charge in [0.1, 0.15) is 0 Å². The standard InChI is InChI=1S/C9H12/c1-5-6-9(4)7-8(2)3/h1,6-7H,2-4H3/b9-6-. The Balaban J connectivity index is 4.11. The molecule has 0 aromatic carbocycles. The third-order valence-electron chi connectivity index (χ3n) is 0.827. The zero-order chi connectivity index (χ0) is 7.28. The molecule has 0 saturated heterocycles. The maximum absolute atomic E-state index is 5.05. The summed E-state index contributed by atoms with van der Waals surface area (Å²) in [5.74, 6) is 2.47. The van der Waals surface area contributed by atoms with Crippen LogP contribution in [0.3, 0.4) is 0 Å². The van der Waals surface area contributed by atoms with Crippen LogP contribution in [0.15, 0.2) is 23.3 Å². The molecule has 0 aliphatic carbocycles. The topological polar surface area (TPSA) is 0 Å². The molecule has 0 N–H and O–H groups in total. The predicted molar refractivity (Wildman–Crippen MR) is 42.0 cm³/mol. The fraction of sp³-hybridized carbons (Fsp3) is 0.333. The Labute approximate surface area is 57.3 Å². The Morgan fingerprint density at radius 3 is 2.22 bits per heavy atom. The number of hydrogen-bond donors (Lipinski definition) is 0. The van der Waals surface area contributed by atoms with Crippen LogP contribution in [0, 0.1) is 12.3 Å². The lowest BCUT2D eigenvalue weighted by atomic mass is 10.2. The van der Waals surface area contributed by atoms with Gasteiger partial charge in [0.25, 0.3) is 0 Å². The van der Waals surface area contributed by atoms with Crippen LogP contribution in [-0.2, 0) is 0 Å². The minimum atomic E-state index is 1.14. The van der Waals surface area contributed by atoms with Crippen molar-refractivity contribution in [3.63, 3.8) is 0 Å². The summed E-state index contributed by atoms with van der Waals surface area (Å²) in [5.41, 5.74) is 2.41. The van der Waals surface area contributed by atoms with Gasteiger partial charge in [-0.05, 0) is 32.4 Å². The molecular formula is C9H12. The molecule has 9 heavy (non-hydrogen) atoms. The van der Waals surface area contributed by atoms with Crippen molar-refractivity contribution >= 4 is 0 Å². The Morgan fingerprint density at radius 1 is 1.33 bits per heavy atom. The van der Waals surface area contributed by atoms with Crippen molar-refractivity contribution in [2.75, 3.05) is 0 Å². The maximum atomic E-state index is 5.05. The minimum absolute atomic E-state index is 1.14. The lowest BCUT2D eigenvalue weighted by Gasteiger charge is -1.88. The van der Waals surface area contributed by atoms with Crippen molar-refractivity contribution in [1.82, 2.24) is 0 Å². The second-order valence-electron chi connectivity index (χ2n) is 2.28. The molecule has 0 bridgehead atoms. The molecule has 0 spiro atoms. The molecule has 0 atom stereocenters. The van der Waals surface area contributed by atoms with Crippen LogP contribution < -0.4 is 0 Å². The van der Waals surface area contributed by atoms with E-state index in [-0.39, 0.29) is 0 Å². The minimum Gasteiger partial charge on any atom is -0.115 e. The number of terminal acetylenes is 1. The first-order valence-electron chi connectivity index (χ1n) is 2.94. The second kappa shape index (κ2) is 3.97. The van der Waals surface area contributed by atoms with E-state index in [2.05, 4.69) is 12.0 Å². The van der Waals surface area contributed by atoms with Crippen LogP contribution in [0.5, 0.6) is 0 Å². The summed E-state index contributed by atoms with van der Waals surface area (Å²) in [6, 6.07) is 0. The molecule has 0 aliphatic heterocycles. The summed E-state index contributed by atoms with van der Waals surface area (Å²) in [5, 5.41) is 0. The van der Waals surface area contributed by atoms with E-state index < -0.39 is 0 Å². The average Bonchev–Trinajstić information content (AvgIpc) is 1.63. The van der Waals surface area contributed by atoms with E-state index in [0.717, 1.165) is 5.57 Å². The quantitative estimate of drug-likeness (QED) is 0.368. The summed E-state index contributed by atoms with van der Waals surface area (Å²) >= 11 is 0. The van der Waals surface area contributed by atoms with Crippen LogP contribution in [0.2, 0.25) is 0 Å². The number of rotatable bonds is 1. The molecule has 0 heterocycles. The van der Waals surface area contributed by atoms with Crippen LogP contribution in [0.25, 0.3) is 0 Å². The van der Waals surface area contributed by atoms with Gasteiger partial charge in [0, 0.05) is 0 Å². The van der Waals surface area contributed by atoms with Crippen LogP contribution in [0.4, 0.5) is 0 Å². The molecule has 0 aliphatic rings. The predicted octanol–water partition coefficient (Wildman–Crippen LogP) is 2.53. The highest BCUT2D eigenvalue weighted by molar-refractivity contribution is 5.26. The second-order valence-corrected chi connectivity index (χ2v) is 2.28. The molecule has 0 rings (SSSR count). The molecule has 0 aromatic heterocycles. The monoisotopic (exact) mass is 120 g/mol. The first-order valence-corrected chi connectivity index (χ1v) is 2.94. The Hall–Kier alpha value is -0.960. The van der Waals surface area contributed by atoms with Crippen LogP contribution in [0.1, 0.15) is 20.8 Å². The zero-order valence-electron chi connectivity index (χ0n) is 6.23. The van der Waals surface area contributed by atoms with Gasteiger partial charge >= 0.3 is 0 Å². The largest absolute Gasteiger partial charge is 0.115 e. The normalized spacial score (nSPS) is 10.2. The van der Waals surface area contributed by atoms with Gasteiger partial charge in [-0.3, -0.25) is 0 Å². The average molecular weight is 120 g/mol. The third-order valence-corrected chi connectivity index (χ3v) is 0.827. The third kappa shape index (κ3) is 4.90. The maximum Gasteiger partial charge on any atom is -0.00923 e. The van der Waals surface area contributed by atoms with E-state index in [1.54, 1.807) is 6.08 Å². The van der Waals surface area contributed by atoms with Crippen LogP contribution >= 0.6 is 0 Å². The van der Waals surface area contributed by atoms with E-state index in [1.807, 2.05) is 20.8 Å². The molecular weight excluding hydrogens is 108 g/mol. The van der Waals surface area contributed by atoms with Gasteiger partial charge in [0.15, 0.2) is 0 Å². The Bertz CT molecular complexity index is 171. The molecule has 0 nitrogen and oxygen atoms in total. The molecule has 0 heteroatoms. The summed E-state index contributed by atoms with van der Waals surface area (Å²) in [6.07, 6.45) is 8.86. The highest BCUT2D eigenvalue weighted by Crippen LogP contribution is 1.98. The molecule has 0 radical (unpaired) electrons. The van der Waals surface area contributed by atoms with E-state index in [4.69, 9.17) is 6.42 Å². The highest BCUT2D eigenvalue weighted by Gasteiger charge is 1.78. The fourth-order valence-corrected chi connectivity index (χ4v) is 0.628. The number of hydrogen-bond acceptors (Lipinski definition) is 0. The van der Waals surface area contributed by atoms with Gasteiger partial charge in [-0.1, -0.05) is 17.6 Å². The highest BCUT2D eigenvalue weighted by atomic mass is 13.8. The number of allylic oxidation sites excluding steroid dienone is 4. The first kappa shape index (κ1) is 8.04. The Morgan fingerprint density at radius 2 is 1.89 bits per heavy atom. The van der Waals surface area contributed by atoms with Crippen LogP contribution in [-0.4, -0.2) is 0 Å². The molecule has 0 amide bonds. The van der Waals surface area contributed by atoms with Gasteiger partial charge in [-0.2, -0.15) is 0 Å². The first-order chi connectivity index (χ1) is 4.16. The van der Waals surface area contributed by atoms with E-state index in [9.17, 15) is 0 Å². The zero-order valence-corrected chi connectivity index (χ0v) is 6.23. The molecule has 0 unspecified atom stereocenters. The van der Waals surface area contributed by atoms with Crippen molar-refractivity contribution in [2.45, 2.75) is 20.8 Å². The molecule has 0 fully saturated rings. The SMILES string of the molecule is C#C/C=C(/C)C=C(C)C. The molecule has 0 aromatic rings. The summed E-state index contributed by atoms with van der Waals surface area (Å²) in [4.78, 5) is 0. The van der Waals surface area contributed by atoms with E-state index >= 15 is 0 Å². The van der Waals surface area contributed by atoms with Crippen molar-refractivity contribution in [3.8, 4) is 12.3 Å². The van der Waals surface area contributed by atoms with E-state index in [0.29, 0.717) is 0 Å². The van der Waals surface area contributed by atoms with Gasteiger partial charge in [-0.15, -0.1) is 6.42 Å². The van der Waals surface area contributed by atoms with Gasteiger partial charge in [-0.25, -0.2) is 0 Å². The lowest BCUT2D eigenvalue weighted by molar-refractivity contribution is 1.35. The fourth-order valence-electron chi connectivity index (χ4n) is 0.628. The van der Waals surface area contributed by atoms with E-state index in [1.165, 1.54) is 5.57 Å². The lowest BCUT2D eigenvalue weighted by Crippen LogP contribution is -1.68. The van der Waals surface area contributed by atoms with Crippen molar-refractivity contribution < 1.29 is 0 Å². The molecule has 48 valence electrons.